The maximum atomic E-state index is 2.51. The van der Waals surface area contributed by atoms with Crippen LogP contribution < -0.4 is 0 Å². The molecule has 19 heavy (non-hydrogen) atoms. The van der Waals surface area contributed by atoms with Crippen molar-refractivity contribution in [3.05, 3.63) is 0 Å². The molecule has 0 radical (unpaired) electrons. The lowest BCUT2D eigenvalue weighted by atomic mass is 9.52. The van der Waals surface area contributed by atoms with Crippen molar-refractivity contribution in [2.24, 2.45) is 33.5 Å². The fourth-order valence-corrected chi connectivity index (χ4v) is 3.97. The van der Waals surface area contributed by atoms with E-state index in [1.807, 2.05) is 0 Å². The van der Waals surface area contributed by atoms with Gasteiger partial charge in [-0.2, -0.15) is 0 Å². The first-order chi connectivity index (χ1) is 8.33. The molecule has 0 bridgehead atoms. The van der Waals surface area contributed by atoms with Crippen molar-refractivity contribution in [2.45, 2.75) is 88.5 Å². The molecular formula is C19H38. The van der Waals surface area contributed by atoms with Crippen LogP contribution in [-0.2, 0) is 0 Å². The van der Waals surface area contributed by atoms with E-state index in [1.165, 1.54) is 19.3 Å². The van der Waals surface area contributed by atoms with Crippen LogP contribution >= 0.6 is 0 Å². The van der Waals surface area contributed by atoms with E-state index in [9.17, 15) is 0 Å². The number of hydrogen-bond acceptors (Lipinski definition) is 0. The normalized spacial score (nSPS) is 23.1. The molecule has 1 aliphatic carbocycles. The summed E-state index contributed by atoms with van der Waals surface area (Å²) in [4.78, 5) is 0. The average molecular weight is 267 g/mol. The third-order valence-electron chi connectivity index (χ3n) is 7.95. The summed E-state index contributed by atoms with van der Waals surface area (Å²) in [7, 11) is 0. The minimum atomic E-state index is 0.384. The molecule has 114 valence electrons. The van der Waals surface area contributed by atoms with Crippen molar-refractivity contribution in [3.8, 4) is 0 Å². The molecule has 0 aromatic carbocycles. The Bertz CT molecular complexity index is 315. The van der Waals surface area contributed by atoms with Crippen LogP contribution in [0.25, 0.3) is 0 Å². The van der Waals surface area contributed by atoms with Gasteiger partial charge in [0, 0.05) is 0 Å². The van der Waals surface area contributed by atoms with Crippen LogP contribution in [-0.4, -0.2) is 0 Å². The van der Waals surface area contributed by atoms with Crippen molar-refractivity contribution in [2.75, 3.05) is 0 Å². The Morgan fingerprint density at radius 2 is 1.32 bits per heavy atom. The Balaban J connectivity index is 2.99. The van der Waals surface area contributed by atoms with Gasteiger partial charge >= 0.3 is 0 Å². The molecule has 0 spiro atoms. The lowest BCUT2D eigenvalue weighted by molar-refractivity contribution is -0.0406. The van der Waals surface area contributed by atoms with E-state index in [1.54, 1.807) is 0 Å². The summed E-state index contributed by atoms with van der Waals surface area (Å²) >= 11 is 0. The molecule has 1 aliphatic rings. The highest BCUT2D eigenvalue weighted by Gasteiger charge is 2.56. The third kappa shape index (κ3) is 2.74. The van der Waals surface area contributed by atoms with E-state index in [-0.39, 0.29) is 0 Å². The topological polar surface area (TPSA) is 0 Å². The van der Waals surface area contributed by atoms with Crippen LogP contribution in [0.4, 0.5) is 0 Å². The Morgan fingerprint density at radius 3 is 1.63 bits per heavy atom. The summed E-state index contributed by atoms with van der Waals surface area (Å²) in [6.45, 7) is 24.7. The Morgan fingerprint density at radius 1 is 0.895 bits per heavy atom. The molecule has 2 atom stereocenters. The minimum Gasteiger partial charge on any atom is -0.0649 e. The van der Waals surface area contributed by atoms with Crippen molar-refractivity contribution >= 4 is 0 Å². The number of rotatable bonds is 6. The zero-order chi connectivity index (χ0) is 15.3. The average Bonchev–Trinajstić information content (AvgIpc) is 3.06. The van der Waals surface area contributed by atoms with Crippen LogP contribution in [0.15, 0.2) is 0 Å². The third-order valence-corrected chi connectivity index (χ3v) is 7.95. The van der Waals surface area contributed by atoms with Gasteiger partial charge in [0.1, 0.15) is 0 Å². The fraction of sp³-hybridized carbons (Fsp3) is 1.00. The molecule has 0 N–H and O–H groups in total. The van der Waals surface area contributed by atoms with Gasteiger partial charge in [-0.3, -0.25) is 0 Å². The predicted molar refractivity (Wildman–Crippen MR) is 87.3 cm³/mol. The van der Waals surface area contributed by atoms with Crippen molar-refractivity contribution in [1.82, 2.24) is 0 Å². The lowest BCUT2D eigenvalue weighted by Crippen LogP contribution is -2.46. The summed E-state index contributed by atoms with van der Waals surface area (Å²) < 4.78 is 0. The number of hydrogen-bond donors (Lipinski definition) is 0. The monoisotopic (exact) mass is 266 g/mol. The first-order valence-electron chi connectivity index (χ1n) is 8.33. The van der Waals surface area contributed by atoms with Gasteiger partial charge in [-0.1, -0.05) is 75.7 Å². The van der Waals surface area contributed by atoms with Crippen molar-refractivity contribution < 1.29 is 0 Å². The van der Waals surface area contributed by atoms with E-state index < -0.39 is 0 Å². The molecule has 0 amide bonds. The predicted octanol–water partition coefficient (Wildman–Crippen LogP) is 6.55. The molecule has 0 aliphatic heterocycles. The Hall–Kier alpha value is 0. The molecule has 0 heterocycles. The Labute approximate surface area is 122 Å². The van der Waals surface area contributed by atoms with Gasteiger partial charge in [-0.15, -0.1) is 0 Å². The fourth-order valence-electron chi connectivity index (χ4n) is 3.97. The second-order valence-corrected chi connectivity index (χ2v) is 9.39. The van der Waals surface area contributed by atoms with Gasteiger partial charge in [0.25, 0.3) is 0 Å². The van der Waals surface area contributed by atoms with Gasteiger partial charge in [-0.25, -0.2) is 0 Å². The maximum absolute atomic E-state index is 2.51. The largest absolute Gasteiger partial charge is 0.0649 e. The van der Waals surface area contributed by atoms with Crippen LogP contribution in [0.2, 0.25) is 0 Å². The van der Waals surface area contributed by atoms with Crippen LogP contribution in [0.5, 0.6) is 0 Å². The summed E-state index contributed by atoms with van der Waals surface area (Å²) in [6, 6.07) is 0. The zero-order valence-corrected chi connectivity index (χ0v) is 15.3. The molecule has 1 fully saturated rings. The molecule has 1 rings (SSSR count). The second-order valence-electron chi connectivity index (χ2n) is 9.39. The van der Waals surface area contributed by atoms with E-state index in [2.05, 4.69) is 69.2 Å². The highest BCUT2D eigenvalue weighted by molar-refractivity contribution is 5.05. The first-order valence-corrected chi connectivity index (χ1v) is 8.33. The molecule has 0 heteroatoms. The van der Waals surface area contributed by atoms with Gasteiger partial charge in [-0.05, 0) is 46.3 Å². The Kier molecular flexibility index (Phi) is 4.29. The lowest BCUT2D eigenvalue weighted by Gasteiger charge is -2.53. The standard InChI is InChI=1S/C19H38/c1-11-16(4,5)14(2)17(6,7)15(3)18(8,9)19(10)12-13-19/h14-15H,11-13H2,1-10H3. The molecule has 0 nitrogen and oxygen atoms in total. The van der Waals surface area contributed by atoms with Gasteiger partial charge in [0.05, 0.1) is 0 Å². The SMILES string of the molecule is CCC(C)(C)C(C)C(C)(C)C(C)C(C)(C)C1(C)CC1. The van der Waals surface area contributed by atoms with Crippen molar-refractivity contribution in [3.63, 3.8) is 0 Å². The van der Waals surface area contributed by atoms with Gasteiger partial charge < -0.3 is 0 Å². The minimum absolute atomic E-state index is 0.384. The van der Waals surface area contributed by atoms with Crippen LogP contribution in [0, 0.1) is 33.5 Å². The highest BCUT2D eigenvalue weighted by atomic mass is 14.6. The van der Waals surface area contributed by atoms with Crippen LogP contribution in [0.3, 0.4) is 0 Å². The molecule has 0 aromatic rings. The summed E-state index contributed by atoms with van der Waals surface area (Å²) in [5.41, 5.74) is 1.83. The maximum Gasteiger partial charge on any atom is -0.0269 e. The highest BCUT2D eigenvalue weighted by Crippen LogP contribution is 2.65. The van der Waals surface area contributed by atoms with Gasteiger partial charge in [0.2, 0.25) is 0 Å². The molecular weight excluding hydrogens is 228 g/mol. The summed E-state index contributed by atoms with van der Waals surface area (Å²) in [5.74, 6) is 1.48. The molecule has 0 saturated heterocycles. The smallest absolute Gasteiger partial charge is 0.0269 e. The molecule has 2 unspecified atom stereocenters. The van der Waals surface area contributed by atoms with E-state index >= 15 is 0 Å². The molecule has 1 saturated carbocycles. The quantitative estimate of drug-likeness (QED) is 0.511. The van der Waals surface area contributed by atoms with E-state index in [0.717, 1.165) is 11.8 Å². The first kappa shape index (κ1) is 17.1. The molecule has 0 aromatic heterocycles. The van der Waals surface area contributed by atoms with E-state index in [4.69, 9.17) is 0 Å². The summed E-state index contributed by atoms with van der Waals surface area (Å²) in [5, 5.41) is 0. The van der Waals surface area contributed by atoms with Gasteiger partial charge in [0.15, 0.2) is 0 Å². The second kappa shape index (κ2) is 4.78. The van der Waals surface area contributed by atoms with Crippen LogP contribution in [0.1, 0.15) is 88.5 Å². The summed E-state index contributed by atoms with van der Waals surface area (Å²) in [6.07, 6.45) is 4.11. The van der Waals surface area contributed by atoms with Crippen molar-refractivity contribution in [1.29, 1.82) is 0 Å². The van der Waals surface area contributed by atoms with E-state index in [0.29, 0.717) is 21.7 Å². The zero-order valence-electron chi connectivity index (χ0n) is 15.3.